The van der Waals surface area contributed by atoms with Crippen molar-refractivity contribution in [1.82, 2.24) is 0 Å². The van der Waals surface area contributed by atoms with E-state index in [2.05, 4.69) is 26.1 Å². The van der Waals surface area contributed by atoms with Crippen molar-refractivity contribution >= 4 is 17.6 Å². The van der Waals surface area contributed by atoms with Gasteiger partial charge in [-0.25, -0.2) is 4.79 Å². The summed E-state index contributed by atoms with van der Waals surface area (Å²) in [5, 5.41) is 2.84. The molecule has 1 atom stereocenters. The molecular formula is C22H27NO5. The Kier molecular flexibility index (Phi) is 6.67. The van der Waals surface area contributed by atoms with Crippen molar-refractivity contribution in [3.63, 3.8) is 0 Å². The second-order valence-corrected chi connectivity index (χ2v) is 7.43. The highest BCUT2D eigenvalue weighted by molar-refractivity contribution is 5.94. The predicted octanol–water partition coefficient (Wildman–Crippen LogP) is 4.19. The first-order valence-corrected chi connectivity index (χ1v) is 9.00. The molecule has 28 heavy (non-hydrogen) atoms. The molecule has 0 aliphatic rings. The molecule has 0 saturated carbocycles. The van der Waals surface area contributed by atoms with Crippen LogP contribution in [0.2, 0.25) is 0 Å². The van der Waals surface area contributed by atoms with Crippen LogP contribution in [0.25, 0.3) is 0 Å². The van der Waals surface area contributed by atoms with Crippen molar-refractivity contribution in [3.8, 4) is 11.5 Å². The molecule has 0 saturated heterocycles. The number of rotatable bonds is 6. The molecule has 0 aliphatic heterocycles. The second kappa shape index (κ2) is 8.78. The zero-order valence-corrected chi connectivity index (χ0v) is 17.2. The van der Waals surface area contributed by atoms with Gasteiger partial charge in [0.1, 0.15) is 0 Å². The van der Waals surface area contributed by atoms with E-state index in [1.165, 1.54) is 25.8 Å². The van der Waals surface area contributed by atoms with Gasteiger partial charge in [-0.2, -0.15) is 0 Å². The lowest BCUT2D eigenvalue weighted by Gasteiger charge is -2.20. The minimum atomic E-state index is -0.764. The molecule has 0 radical (unpaired) electrons. The summed E-state index contributed by atoms with van der Waals surface area (Å²) in [5.41, 5.74) is 2.26. The molecule has 1 unspecified atom stereocenters. The molecule has 6 nitrogen and oxygen atoms in total. The van der Waals surface area contributed by atoms with Gasteiger partial charge in [0.25, 0.3) is 5.91 Å². The number of hydrogen-bond donors (Lipinski definition) is 1. The first kappa shape index (κ1) is 21.3. The second-order valence-electron chi connectivity index (χ2n) is 7.43. The first-order chi connectivity index (χ1) is 13.2. The third-order valence-corrected chi connectivity index (χ3v) is 4.28. The van der Waals surface area contributed by atoms with Gasteiger partial charge in [0.2, 0.25) is 0 Å². The molecule has 0 aromatic heterocycles. The lowest BCUT2D eigenvalue weighted by Crippen LogP contribution is -2.30. The van der Waals surface area contributed by atoms with Crippen molar-refractivity contribution in [2.75, 3.05) is 19.5 Å². The molecule has 0 bridgehead atoms. The molecule has 2 aromatic rings. The summed E-state index contributed by atoms with van der Waals surface area (Å²) < 4.78 is 15.7. The summed E-state index contributed by atoms with van der Waals surface area (Å²) in [5.74, 6) is -0.0603. The normalized spacial score (nSPS) is 12.1. The van der Waals surface area contributed by atoms with Gasteiger partial charge in [-0.15, -0.1) is 0 Å². The summed E-state index contributed by atoms with van der Waals surface area (Å²) in [6, 6.07) is 12.4. The number of esters is 1. The van der Waals surface area contributed by atoms with Crippen LogP contribution in [0.5, 0.6) is 11.5 Å². The number of nitrogens with one attached hydrogen (secondary N) is 1. The molecule has 0 fully saturated rings. The Morgan fingerprint density at radius 3 is 2.14 bits per heavy atom. The summed E-state index contributed by atoms with van der Waals surface area (Å²) in [7, 11) is 2.77. The Morgan fingerprint density at radius 2 is 1.61 bits per heavy atom. The number of carbonyl (C=O) groups is 2. The summed E-state index contributed by atoms with van der Waals surface area (Å²) in [4.78, 5) is 24.1. The molecule has 6 heteroatoms. The van der Waals surface area contributed by atoms with Crippen LogP contribution in [0, 0.1) is 0 Å². The monoisotopic (exact) mass is 385 g/mol. The largest absolute Gasteiger partial charge is 0.493 e. The molecule has 0 spiro atoms. The molecule has 150 valence electrons. The SMILES string of the molecule is COC(=O)c1ccc(OC(C)C(=O)Nc2ccc(C(C)(C)C)cc2)c(OC)c1. The summed E-state index contributed by atoms with van der Waals surface area (Å²) >= 11 is 0. The summed E-state index contributed by atoms with van der Waals surface area (Å²) in [6.45, 7) is 8.05. The van der Waals surface area contributed by atoms with E-state index < -0.39 is 12.1 Å². The van der Waals surface area contributed by atoms with Gasteiger partial charge in [-0.1, -0.05) is 32.9 Å². The molecule has 0 aliphatic carbocycles. The number of hydrogen-bond acceptors (Lipinski definition) is 5. The van der Waals surface area contributed by atoms with E-state index in [1.54, 1.807) is 19.1 Å². The van der Waals surface area contributed by atoms with Gasteiger partial charge >= 0.3 is 5.97 Å². The molecular weight excluding hydrogens is 358 g/mol. The average Bonchev–Trinajstić information content (AvgIpc) is 2.67. The number of ether oxygens (including phenoxy) is 3. The maximum Gasteiger partial charge on any atom is 0.337 e. The van der Waals surface area contributed by atoms with Crippen LogP contribution in [0.15, 0.2) is 42.5 Å². The Morgan fingerprint density at radius 1 is 0.964 bits per heavy atom. The Labute approximate surface area is 165 Å². The number of amides is 1. The number of carbonyl (C=O) groups excluding carboxylic acids is 2. The Balaban J connectivity index is 2.07. The zero-order chi connectivity index (χ0) is 20.9. The fourth-order valence-corrected chi connectivity index (χ4v) is 2.55. The van der Waals surface area contributed by atoms with Gasteiger partial charge in [0.05, 0.1) is 19.8 Å². The van der Waals surface area contributed by atoms with E-state index in [4.69, 9.17) is 14.2 Å². The maximum absolute atomic E-state index is 12.5. The minimum absolute atomic E-state index is 0.0475. The van der Waals surface area contributed by atoms with Crippen LogP contribution in [-0.2, 0) is 14.9 Å². The van der Waals surface area contributed by atoms with E-state index in [0.717, 1.165) is 0 Å². The van der Waals surface area contributed by atoms with Crippen LogP contribution in [0.4, 0.5) is 5.69 Å². The smallest absolute Gasteiger partial charge is 0.337 e. The van der Waals surface area contributed by atoms with Crippen molar-refractivity contribution in [1.29, 1.82) is 0 Å². The van der Waals surface area contributed by atoms with E-state index in [9.17, 15) is 9.59 Å². The molecule has 2 aromatic carbocycles. The maximum atomic E-state index is 12.5. The number of anilines is 1. The third kappa shape index (κ3) is 5.25. The predicted molar refractivity (Wildman–Crippen MR) is 108 cm³/mol. The van der Waals surface area contributed by atoms with Gasteiger partial charge < -0.3 is 19.5 Å². The van der Waals surface area contributed by atoms with Crippen LogP contribution in [0.1, 0.15) is 43.6 Å². The highest BCUT2D eigenvalue weighted by atomic mass is 16.5. The van der Waals surface area contributed by atoms with E-state index >= 15 is 0 Å². The van der Waals surface area contributed by atoms with Crippen molar-refractivity contribution in [2.45, 2.75) is 39.2 Å². The van der Waals surface area contributed by atoms with Crippen LogP contribution in [0.3, 0.4) is 0 Å². The lowest BCUT2D eigenvalue weighted by atomic mass is 9.87. The van der Waals surface area contributed by atoms with Crippen LogP contribution >= 0.6 is 0 Å². The van der Waals surface area contributed by atoms with Crippen LogP contribution < -0.4 is 14.8 Å². The Bertz CT molecular complexity index is 837. The lowest BCUT2D eigenvalue weighted by molar-refractivity contribution is -0.122. The molecule has 2 rings (SSSR count). The van der Waals surface area contributed by atoms with E-state index in [0.29, 0.717) is 22.7 Å². The van der Waals surface area contributed by atoms with Crippen LogP contribution in [-0.4, -0.2) is 32.2 Å². The fourth-order valence-electron chi connectivity index (χ4n) is 2.55. The minimum Gasteiger partial charge on any atom is -0.493 e. The average molecular weight is 385 g/mol. The van der Waals surface area contributed by atoms with Gasteiger partial charge in [0, 0.05) is 5.69 Å². The quantitative estimate of drug-likeness (QED) is 0.755. The third-order valence-electron chi connectivity index (χ3n) is 4.28. The fraction of sp³-hybridized carbons (Fsp3) is 0.364. The molecule has 1 amide bonds. The highest BCUT2D eigenvalue weighted by Gasteiger charge is 2.19. The highest BCUT2D eigenvalue weighted by Crippen LogP contribution is 2.29. The Hall–Kier alpha value is -3.02. The van der Waals surface area contributed by atoms with Gasteiger partial charge in [-0.05, 0) is 48.2 Å². The van der Waals surface area contributed by atoms with Crippen molar-refractivity contribution < 1.29 is 23.8 Å². The van der Waals surface area contributed by atoms with Crippen molar-refractivity contribution in [2.24, 2.45) is 0 Å². The van der Waals surface area contributed by atoms with Gasteiger partial charge in [-0.3, -0.25) is 4.79 Å². The summed E-state index contributed by atoms with van der Waals surface area (Å²) in [6.07, 6.45) is -0.764. The number of methoxy groups -OCH3 is 2. The van der Waals surface area contributed by atoms with E-state index in [-0.39, 0.29) is 11.3 Å². The van der Waals surface area contributed by atoms with Crippen molar-refractivity contribution in [3.05, 3.63) is 53.6 Å². The van der Waals surface area contributed by atoms with Gasteiger partial charge in [0.15, 0.2) is 17.6 Å². The molecule has 1 N–H and O–H groups in total. The topological polar surface area (TPSA) is 73.9 Å². The first-order valence-electron chi connectivity index (χ1n) is 9.00. The number of benzene rings is 2. The zero-order valence-electron chi connectivity index (χ0n) is 17.2. The van der Waals surface area contributed by atoms with E-state index in [1.807, 2.05) is 24.3 Å². The standard InChI is InChI=1S/C22H27NO5/c1-14(20(24)23-17-10-8-16(9-11-17)22(2,3)4)28-18-12-7-15(21(25)27-6)13-19(18)26-5/h7-14H,1-6H3,(H,23,24). The molecule has 0 heterocycles.